The summed E-state index contributed by atoms with van der Waals surface area (Å²) in [5, 5.41) is 0. The number of hydrogen-bond donors (Lipinski definition) is 0. The van der Waals surface area contributed by atoms with Crippen LogP contribution in [0.2, 0.25) is 0 Å². The van der Waals surface area contributed by atoms with Crippen LogP contribution in [0.5, 0.6) is 5.75 Å². The molecule has 2 rings (SSSR count). The Bertz CT molecular complexity index is 473. The van der Waals surface area contributed by atoms with Gasteiger partial charge in [0.25, 0.3) is 0 Å². The number of halogens is 2. The van der Waals surface area contributed by atoms with Crippen LogP contribution in [0.3, 0.4) is 0 Å². The van der Waals surface area contributed by atoms with E-state index in [0.29, 0.717) is 18.9 Å². The first kappa shape index (κ1) is 14.2. The molecule has 0 saturated carbocycles. The van der Waals surface area contributed by atoms with Crippen molar-refractivity contribution in [2.24, 2.45) is 0 Å². The van der Waals surface area contributed by atoms with Gasteiger partial charge in [-0.3, -0.25) is 0 Å². The molecule has 1 heterocycles. The minimum absolute atomic E-state index is 0.0747. The van der Waals surface area contributed by atoms with Gasteiger partial charge in [-0.2, -0.15) is 0 Å². The van der Waals surface area contributed by atoms with E-state index in [-0.39, 0.29) is 17.7 Å². The summed E-state index contributed by atoms with van der Waals surface area (Å²) in [4.78, 5) is 0. The van der Waals surface area contributed by atoms with Gasteiger partial charge in [0.2, 0.25) is 0 Å². The molecule has 0 radical (unpaired) electrons. The molecule has 0 N–H and O–H groups in total. The van der Waals surface area contributed by atoms with Gasteiger partial charge in [-0.05, 0) is 31.0 Å². The second-order valence-corrected chi connectivity index (χ2v) is 4.72. The molecule has 1 aromatic rings. The molecular formula is C15H16ClFO2. The van der Waals surface area contributed by atoms with Crippen molar-refractivity contribution >= 4 is 11.6 Å². The van der Waals surface area contributed by atoms with Gasteiger partial charge in [-0.25, -0.2) is 4.39 Å². The van der Waals surface area contributed by atoms with Crippen molar-refractivity contribution in [3.05, 3.63) is 29.6 Å². The second-order valence-electron chi connectivity index (χ2n) is 4.34. The molecule has 102 valence electrons. The van der Waals surface area contributed by atoms with Gasteiger partial charge in [0.1, 0.15) is 6.10 Å². The van der Waals surface area contributed by atoms with Crippen LogP contribution in [-0.4, -0.2) is 25.2 Å². The summed E-state index contributed by atoms with van der Waals surface area (Å²) in [5.74, 6) is 6.23. The van der Waals surface area contributed by atoms with Crippen molar-refractivity contribution in [1.29, 1.82) is 0 Å². The third-order valence-corrected chi connectivity index (χ3v) is 2.98. The molecule has 0 aromatic heterocycles. The Balaban J connectivity index is 2.06. The zero-order valence-electron chi connectivity index (χ0n) is 10.6. The zero-order valence-corrected chi connectivity index (χ0v) is 11.4. The van der Waals surface area contributed by atoms with Crippen LogP contribution in [0.25, 0.3) is 0 Å². The third-order valence-electron chi connectivity index (χ3n) is 2.80. The Morgan fingerprint density at radius 1 is 1.47 bits per heavy atom. The lowest BCUT2D eigenvalue weighted by Gasteiger charge is -2.23. The fourth-order valence-corrected chi connectivity index (χ4v) is 1.96. The maximum absolute atomic E-state index is 13.7. The summed E-state index contributed by atoms with van der Waals surface area (Å²) in [5.41, 5.74) is 0.734. The van der Waals surface area contributed by atoms with Crippen LogP contribution in [0.15, 0.2) is 18.2 Å². The van der Waals surface area contributed by atoms with E-state index in [0.717, 1.165) is 25.0 Å². The van der Waals surface area contributed by atoms with Gasteiger partial charge in [0, 0.05) is 24.5 Å². The first-order chi connectivity index (χ1) is 9.29. The minimum Gasteiger partial charge on any atom is -0.485 e. The average Bonchev–Trinajstić information content (AvgIpc) is 2.44. The third kappa shape index (κ3) is 4.41. The van der Waals surface area contributed by atoms with Gasteiger partial charge in [-0.15, -0.1) is 11.6 Å². The van der Waals surface area contributed by atoms with Crippen LogP contribution in [0, 0.1) is 17.7 Å². The zero-order chi connectivity index (χ0) is 13.5. The van der Waals surface area contributed by atoms with Gasteiger partial charge < -0.3 is 9.47 Å². The van der Waals surface area contributed by atoms with Crippen molar-refractivity contribution in [2.45, 2.75) is 25.4 Å². The number of rotatable bonds is 3. The van der Waals surface area contributed by atoms with E-state index in [1.54, 1.807) is 12.1 Å². The quantitative estimate of drug-likeness (QED) is 0.625. The predicted molar refractivity (Wildman–Crippen MR) is 73.1 cm³/mol. The Labute approximate surface area is 117 Å². The summed E-state index contributed by atoms with van der Waals surface area (Å²) >= 11 is 5.55. The van der Waals surface area contributed by atoms with Gasteiger partial charge in [0.15, 0.2) is 11.6 Å². The molecule has 1 aliphatic heterocycles. The van der Waals surface area contributed by atoms with Crippen LogP contribution in [-0.2, 0) is 4.74 Å². The highest BCUT2D eigenvalue weighted by molar-refractivity contribution is 6.18. The number of benzene rings is 1. The summed E-state index contributed by atoms with van der Waals surface area (Å²) < 4.78 is 24.6. The highest BCUT2D eigenvalue weighted by atomic mass is 35.5. The smallest absolute Gasteiger partial charge is 0.165 e. The van der Waals surface area contributed by atoms with Crippen molar-refractivity contribution < 1.29 is 13.9 Å². The SMILES string of the molecule is Fc1ccc(C#CCCCl)cc1OC1CCCOC1. The van der Waals surface area contributed by atoms with Crippen molar-refractivity contribution in [1.82, 2.24) is 0 Å². The summed E-state index contributed by atoms with van der Waals surface area (Å²) in [6, 6.07) is 4.65. The van der Waals surface area contributed by atoms with Gasteiger partial charge >= 0.3 is 0 Å². The van der Waals surface area contributed by atoms with E-state index in [9.17, 15) is 4.39 Å². The lowest BCUT2D eigenvalue weighted by Crippen LogP contribution is -2.28. The molecule has 1 atom stereocenters. The number of hydrogen-bond acceptors (Lipinski definition) is 2. The van der Waals surface area contributed by atoms with Crippen LogP contribution in [0.1, 0.15) is 24.8 Å². The molecule has 1 aliphatic rings. The van der Waals surface area contributed by atoms with Crippen molar-refractivity contribution in [3.63, 3.8) is 0 Å². The van der Waals surface area contributed by atoms with Crippen molar-refractivity contribution in [3.8, 4) is 17.6 Å². The average molecular weight is 283 g/mol. The molecule has 2 nitrogen and oxygen atoms in total. The van der Waals surface area contributed by atoms with Crippen LogP contribution >= 0.6 is 11.6 Å². The second kappa shape index (κ2) is 7.37. The largest absolute Gasteiger partial charge is 0.485 e. The lowest BCUT2D eigenvalue weighted by atomic mass is 10.1. The van der Waals surface area contributed by atoms with Crippen molar-refractivity contribution in [2.75, 3.05) is 19.1 Å². The molecule has 1 aromatic carbocycles. The Morgan fingerprint density at radius 2 is 2.37 bits per heavy atom. The summed E-state index contributed by atoms with van der Waals surface area (Å²) in [6.07, 6.45) is 2.38. The Hall–Kier alpha value is -1.24. The van der Waals surface area contributed by atoms with E-state index in [4.69, 9.17) is 21.1 Å². The monoisotopic (exact) mass is 282 g/mol. The highest BCUT2D eigenvalue weighted by Crippen LogP contribution is 2.22. The molecular weight excluding hydrogens is 267 g/mol. The highest BCUT2D eigenvalue weighted by Gasteiger charge is 2.17. The molecule has 1 saturated heterocycles. The Morgan fingerprint density at radius 3 is 3.11 bits per heavy atom. The lowest BCUT2D eigenvalue weighted by molar-refractivity contribution is 0.00587. The van der Waals surface area contributed by atoms with E-state index in [1.807, 2.05) is 0 Å². The molecule has 1 unspecified atom stereocenters. The molecule has 19 heavy (non-hydrogen) atoms. The van der Waals surface area contributed by atoms with E-state index in [2.05, 4.69) is 11.8 Å². The molecule has 4 heteroatoms. The fraction of sp³-hybridized carbons (Fsp3) is 0.467. The first-order valence-corrected chi connectivity index (χ1v) is 6.92. The van der Waals surface area contributed by atoms with E-state index >= 15 is 0 Å². The van der Waals surface area contributed by atoms with Crippen LogP contribution < -0.4 is 4.74 Å². The number of ether oxygens (including phenoxy) is 2. The number of alkyl halides is 1. The molecule has 0 amide bonds. The normalized spacial score (nSPS) is 18.5. The van der Waals surface area contributed by atoms with Gasteiger partial charge in [-0.1, -0.05) is 11.8 Å². The topological polar surface area (TPSA) is 18.5 Å². The standard InChI is InChI=1S/C15H16ClFO2/c16-8-2-1-4-12-6-7-14(17)15(10-12)19-13-5-3-9-18-11-13/h6-7,10,13H,2-3,5,8-9,11H2. The Kier molecular flexibility index (Phi) is 5.50. The van der Waals surface area contributed by atoms with Crippen LogP contribution in [0.4, 0.5) is 4.39 Å². The predicted octanol–water partition coefficient (Wildman–Crippen LogP) is 3.36. The maximum atomic E-state index is 13.7. The molecule has 1 fully saturated rings. The summed E-state index contributed by atoms with van der Waals surface area (Å²) in [7, 11) is 0. The van der Waals surface area contributed by atoms with E-state index in [1.165, 1.54) is 6.07 Å². The summed E-state index contributed by atoms with van der Waals surface area (Å²) in [6.45, 7) is 1.27. The van der Waals surface area contributed by atoms with E-state index < -0.39 is 0 Å². The minimum atomic E-state index is -0.367. The molecule has 0 spiro atoms. The van der Waals surface area contributed by atoms with Gasteiger partial charge in [0.05, 0.1) is 6.61 Å². The first-order valence-electron chi connectivity index (χ1n) is 6.38. The molecule has 0 bridgehead atoms. The fourth-order valence-electron chi connectivity index (χ4n) is 1.87. The maximum Gasteiger partial charge on any atom is 0.165 e. The molecule has 0 aliphatic carbocycles.